The molecular formula is C57H109NO5. The molecule has 1 amide bonds. The van der Waals surface area contributed by atoms with E-state index < -0.39 is 12.1 Å². The average Bonchev–Trinajstić information content (AvgIpc) is 3.28. The molecule has 2 atom stereocenters. The molecule has 63 heavy (non-hydrogen) atoms. The van der Waals surface area contributed by atoms with Crippen molar-refractivity contribution in [3.63, 3.8) is 0 Å². The van der Waals surface area contributed by atoms with Crippen LogP contribution in [-0.4, -0.2) is 47.4 Å². The van der Waals surface area contributed by atoms with Crippen molar-refractivity contribution < 1.29 is 24.5 Å². The molecule has 0 saturated heterocycles. The Labute approximate surface area is 392 Å². The first-order chi connectivity index (χ1) is 31.0. The largest absolute Gasteiger partial charge is 0.466 e. The lowest BCUT2D eigenvalue weighted by atomic mass is 10.0. The van der Waals surface area contributed by atoms with Crippen LogP contribution in [0, 0.1) is 0 Å². The van der Waals surface area contributed by atoms with Gasteiger partial charge in [-0.05, 0) is 51.4 Å². The molecule has 0 radical (unpaired) electrons. The summed E-state index contributed by atoms with van der Waals surface area (Å²) >= 11 is 0. The third kappa shape index (κ3) is 49.6. The number of ether oxygens (including phenoxy) is 1. The Balaban J connectivity index is 3.42. The van der Waals surface area contributed by atoms with Gasteiger partial charge in [-0.1, -0.05) is 263 Å². The van der Waals surface area contributed by atoms with Crippen molar-refractivity contribution in [1.29, 1.82) is 0 Å². The van der Waals surface area contributed by atoms with Gasteiger partial charge in [-0.15, -0.1) is 0 Å². The predicted molar refractivity (Wildman–Crippen MR) is 273 cm³/mol. The van der Waals surface area contributed by atoms with Crippen molar-refractivity contribution in [2.24, 2.45) is 0 Å². The van der Waals surface area contributed by atoms with Crippen LogP contribution in [0.15, 0.2) is 24.3 Å². The number of carbonyl (C=O) groups excluding carboxylic acids is 2. The number of carbonyl (C=O) groups is 2. The normalized spacial score (nSPS) is 12.8. The molecule has 0 heterocycles. The second-order valence-corrected chi connectivity index (χ2v) is 19.3. The van der Waals surface area contributed by atoms with Crippen LogP contribution in [0.5, 0.6) is 0 Å². The number of unbranched alkanes of at least 4 members (excludes halogenated alkanes) is 37. The third-order valence-corrected chi connectivity index (χ3v) is 13.0. The molecule has 0 aromatic heterocycles. The number of aliphatic hydroxyl groups excluding tert-OH is 2. The van der Waals surface area contributed by atoms with Gasteiger partial charge in [0.25, 0.3) is 0 Å². The van der Waals surface area contributed by atoms with Gasteiger partial charge in [0, 0.05) is 12.8 Å². The molecule has 0 fully saturated rings. The van der Waals surface area contributed by atoms with Crippen molar-refractivity contribution in [3.05, 3.63) is 24.3 Å². The molecule has 0 aromatic rings. The number of esters is 1. The van der Waals surface area contributed by atoms with E-state index in [1.807, 2.05) is 0 Å². The Morgan fingerprint density at radius 2 is 0.810 bits per heavy atom. The fraction of sp³-hybridized carbons (Fsp3) is 0.895. The number of nitrogens with one attached hydrogen (secondary N) is 1. The molecule has 0 aromatic carbocycles. The summed E-state index contributed by atoms with van der Waals surface area (Å²) in [5, 5.41) is 23.3. The molecule has 0 saturated carbocycles. The molecule has 3 N–H and O–H groups in total. The monoisotopic (exact) mass is 888 g/mol. The van der Waals surface area contributed by atoms with Crippen LogP contribution >= 0.6 is 0 Å². The SMILES string of the molecule is CCCC/C=C\C/C=C\CCCCCCCC(=O)OCCCCCCCCCCCCCCCCCCCC(=O)NC(CO)C(O)CCCCCCCCCCCCCCCCC. The van der Waals surface area contributed by atoms with Crippen molar-refractivity contribution in [1.82, 2.24) is 5.32 Å². The first-order valence-electron chi connectivity index (χ1n) is 28.1. The van der Waals surface area contributed by atoms with Crippen LogP contribution in [0.4, 0.5) is 0 Å². The number of rotatable bonds is 52. The van der Waals surface area contributed by atoms with Crippen LogP contribution in [0.1, 0.15) is 303 Å². The Kier molecular flexibility index (Phi) is 51.6. The number of hydrogen-bond acceptors (Lipinski definition) is 5. The van der Waals surface area contributed by atoms with Gasteiger partial charge in [0.05, 0.1) is 25.4 Å². The van der Waals surface area contributed by atoms with Crippen molar-refractivity contribution in [2.75, 3.05) is 13.2 Å². The Morgan fingerprint density at radius 1 is 0.444 bits per heavy atom. The summed E-state index contributed by atoms with van der Waals surface area (Å²) in [6.45, 7) is 4.90. The van der Waals surface area contributed by atoms with E-state index in [0.29, 0.717) is 25.9 Å². The molecule has 0 aliphatic carbocycles. The number of aliphatic hydroxyl groups is 2. The number of amides is 1. The van der Waals surface area contributed by atoms with E-state index >= 15 is 0 Å². The summed E-state index contributed by atoms with van der Waals surface area (Å²) < 4.78 is 5.46. The lowest BCUT2D eigenvalue weighted by molar-refractivity contribution is -0.143. The van der Waals surface area contributed by atoms with Crippen LogP contribution in [0.2, 0.25) is 0 Å². The fourth-order valence-electron chi connectivity index (χ4n) is 8.66. The lowest BCUT2D eigenvalue weighted by Gasteiger charge is -2.22. The van der Waals surface area contributed by atoms with Gasteiger partial charge in [-0.3, -0.25) is 9.59 Å². The van der Waals surface area contributed by atoms with Crippen LogP contribution in [0.3, 0.4) is 0 Å². The Bertz CT molecular complexity index is 982. The van der Waals surface area contributed by atoms with E-state index in [4.69, 9.17) is 4.74 Å². The number of allylic oxidation sites excluding steroid dienone is 4. The van der Waals surface area contributed by atoms with Crippen molar-refractivity contribution in [2.45, 2.75) is 315 Å². The summed E-state index contributed by atoms with van der Waals surface area (Å²) in [6.07, 6.45) is 63.0. The molecule has 2 unspecified atom stereocenters. The summed E-state index contributed by atoms with van der Waals surface area (Å²) in [5.74, 6) is -0.0486. The Morgan fingerprint density at radius 3 is 1.25 bits per heavy atom. The van der Waals surface area contributed by atoms with Gasteiger partial charge in [0.2, 0.25) is 5.91 Å². The standard InChI is InChI=1S/C57H109NO5/c1-3-5-7-9-11-13-15-17-22-25-29-33-37-41-45-49-55(60)54(53-59)58-56(61)50-46-42-38-34-30-26-23-20-19-21-24-28-32-36-40-44-48-52-63-57(62)51-47-43-39-35-31-27-18-16-14-12-10-8-6-4-2/h10,12,16,18,54-55,59-60H,3-9,11,13-15,17,19-53H2,1-2H3,(H,58,61)/b12-10-,18-16-. The van der Waals surface area contributed by atoms with Crippen molar-refractivity contribution >= 4 is 11.9 Å². The van der Waals surface area contributed by atoms with Gasteiger partial charge >= 0.3 is 5.97 Å². The zero-order valence-corrected chi connectivity index (χ0v) is 42.3. The average molecular weight is 889 g/mol. The molecule has 6 heteroatoms. The highest BCUT2D eigenvalue weighted by atomic mass is 16.5. The molecule has 0 spiro atoms. The summed E-state index contributed by atoms with van der Waals surface area (Å²) in [5.41, 5.74) is 0. The van der Waals surface area contributed by atoms with E-state index in [9.17, 15) is 19.8 Å². The van der Waals surface area contributed by atoms with Crippen LogP contribution < -0.4 is 5.32 Å². The van der Waals surface area contributed by atoms with E-state index in [2.05, 4.69) is 43.5 Å². The first kappa shape index (κ1) is 61.3. The predicted octanol–water partition coefficient (Wildman–Crippen LogP) is 17.1. The highest BCUT2D eigenvalue weighted by Gasteiger charge is 2.20. The molecule has 0 bridgehead atoms. The minimum absolute atomic E-state index is 0.00906. The highest BCUT2D eigenvalue weighted by Crippen LogP contribution is 2.17. The smallest absolute Gasteiger partial charge is 0.305 e. The zero-order chi connectivity index (χ0) is 45.8. The third-order valence-electron chi connectivity index (χ3n) is 13.0. The summed E-state index contributed by atoms with van der Waals surface area (Å²) in [4.78, 5) is 24.5. The van der Waals surface area contributed by atoms with Gasteiger partial charge < -0.3 is 20.3 Å². The molecule has 6 nitrogen and oxygen atoms in total. The molecule has 372 valence electrons. The summed E-state index contributed by atoms with van der Waals surface area (Å²) in [6, 6.07) is -0.545. The molecule has 0 aliphatic rings. The molecule has 0 rings (SSSR count). The topological polar surface area (TPSA) is 95.9 Å². The van der Waals surface area contributed by atoms with E-state index in [-0.39, 0.29) is 18.5 Å². The quantitative estimate of drug-likeness (QED) is 0.0321. The minimum Gasteiger partial charge on any atom is -0.466 e. The van der Waals surface area contributed by atoms with E-state index in [1.54, 1.807) is 0 Å². The Hall–Kier alpha value is -1.66. The van der Waals surface area contributed by atoms with Gasteiger partial charge in [0.15, 0.2) is 0 Å². The van der Waals surface area contributed by atoms with Gasteiger partial charge in [0.1, 0.15) is 0 Å². The lowest BCUT2D eigenvalue weighted by Crippen LogP contribution is -2.45. The maximum absolute atomic E-state index is 12.5. The van der Waals surface area contributed by atoms with E-state index in [0.717, 1.165) is 51.4 Å². The first-order valence-corrected chi connectivity index (χ1v) is 28.1. The minimum atomic E-state index is -0.668. The van der Waals surface area contributed by atoms with Crippen LogP contribution in [0.25, 0.3) is 0 Å². The molecule has 0 aliphatic heterocycles. The second kappa shape index (κ2) is 53.0. The summed E-state index contributed by atoms with van der Waals surface area (Å²) in [7, 11) is 0. The van der Waals surface area contributed by atoms with Crippen LogP contribution in [-0.2, 0) is 14.3 Å². The molecular weight excluding hydrogens is 779 g/mol. The maximum Gasteiger partial charge on any atom is 0.305 e. The van der Waals surface area contributed by atoms with Gasteiger partial charge in [-0.2, -0.15) is 0 Å². The second-order valence-electron chi connectivity index (χ2n) is 19.3. The fourth-order valence-corrected chi connectivity index (χ4v) is 8.66. The number of hydrogen-bond donors (Lipinski definition) is 3. The van der Waals surface area contributed by atoms with Crippen molar-refractivity contribution in [3.8, 4) is 0 Å². The van der Waals surface area contributed by atoms with Gasteiger partial charge in [-0.25, -0.2) is 0 Å². The zero-order valence-electron chi connectivity index (χ0n) is 42.3. The maximum atomic E-state index is 12.5. The van der Waals surface area contributed by atoms with E-state index in [1.165, 1.54) is 218 Å². The highest BCUT2D eigenvalue weighted by molar-refractivity contribution is 5.76.